The van der Waals surface area contributed by atoms with E-state index in [1.54, 1.807) is 7.05 Å². The van der Waals surface area contributed by atoms with E-state index in [1.165, 1.54) is 12.5 Å². The Bertz CT molecular complexity index is 746. The summed E-state index contributed by atoms with van der Waals surface area (Å²) in [4.78, 5) is 3.98. The Labute approximate surface area is 181 Å². The van der Waals surface area contributed by atoms with Crippen LogP contribution in [-0.4, -0.2) is 53.4 Å². The Kier molecular flexibility index (Phi) is 11.0. The number of halogens is 3. The molecular weight excluding hydrogens is 505 g/mol. The smallest absolute Gasteiger partial charge is 0.213 e. The van der Waals surface area contributed by atoms with Crippen LogP contribution in [0.15, 0.2) is 23.2 Å². The SMILES string of the molecule is CN=C(NCCOc1ccc(F)cc1F)NCCS(=O)(=O)NCC1CCC1.I. The van der Waals surface area contributed by atoms with Crippen LogP contribution in [0.25, 0.3) is 0 Å². The maximum absolute atomic E-state index is 13.4. The minimum absolute atomic E-state index is 0. The fraction of sp³-hybridized carbons (Fsp3) is 0.588. The summed E-state index contributed by atoms with van der Waals surface area (Å²) in [5.41, 5.74) is 0. The Morgan fingerprint density at radius 1 is 1.25 bits per heavy atom. The minimum atomic E-state index is -3.32. The molecule has 1 aromatic rings. The van der Waals surface area contributed by atoms with E-state index in [9.17, 15) is 17.2 Å². The maximum Gasteiger partial charge on any atom is 0.213 e. The highest BCUT2D eigenvalue weighted by Crippen LogP contribution is 2.25. The summed E-state index contributed by atoms with van der Waals surface area (Å²) in [5.74, 6) is -0.653. The summed E-state index contributed by atoms with van der Waals surface area (Å²) in [6, 6.07) is 3.09. The lowest BCUT2D eigenvalue weighted by atomic mass is 9.86. The van der Waals surface area contributed by atoms with Crippen LogP contribution < -0.4 is 20.1 Å². The van der Waals surface area contributed by atoms with Gasteiger partial charge in [0.15, 0.2) is 17.5 Å². The van der Waals surface area contributed by atoms with Gasteiger partial charge in [-0.2, -0.15) is 0 Å². The van der Waals surface area contributed by atoms with E-state index in [2.05, 4.69) is 20.3 Å². The van der Waals surface area contributed by atoms with Gasteiger partial charge in [0, 0.05) is 26.2 Å². The fourth-order valence-corrected chi connectivity index (χ4v) is 3.47. The molecule has 1 saturated carbocycles. The van der Waals surface area contributed by atoms with Gasteiger partial charge in [0.1, 0.15) is 12.4 Å². The molecule has 1 fully saturated rings. The number of nitrogens with zero attached hydrogens (tertiary/aromatic N) is 1. The summed E-state index contributed by atoms with van der Waals surface area (Å²) in [6.45, 7) is 1.15. The molecule has 11 heteroatoms. The van der Waals surface area contributed by atoms with Gasteiger partial charge >= 0.3 is 0 Å². The second-order valence-electron chi connectivity index (χ2n) is 6.31. The zero-order chi connectivity index (χ0) is 19.7. The van der Waals surface area contributed by atoms with Crippen molar-refractivity contribution in [3.63, 3.8) is 0 Å². The van der Waals surface area contributed by atoms with Crippen LogP contribution in [-0.2, 0) is 10.0 Å². The first-order valence-corrected chi connectivity index (χ1v) is 10.5. The monoisotopic (exact) mass is 532 g/mol. The molecule has 7 nitrogen and oxygen atoms in total. The van der Waals surface area contributed by atoms with E-state index in [-0.39, 0.29) is 48.6 Å². The van der Waals surface area contributed by atoms with Crippen molar-refractivity contribution in [2.75, 3.05) is 39.0 Å². The highest BCUT2D eigenvalue weighted by atomic mass is 127. The van der Waals surface area contributed by atoms with Gasteiger partial charge in [0.05, 0.1) is 12.3 Å². The van der Waals surface area contributed by atoms with Crippen LogP contribution in [0.2, 0.25) is 0 Å². The number of ether oxygens (including phenoxy) is 1. The van der Waals surface area contributed by atoms with Gasteiger partial charge in [-0.1, -0.05) is 6.42 Å². The Balaban J connectivity index is 0.00000392. The standard InChI is InChI=1S/C17H26F2N4O3S.HI/c1-20-17(21-7-9-26-16-6-5-14(18)11-15(16)19)22-8-10-27(24,25)23-12-13-3-2-4-13;/h5-6,11,13,23H,2-4,7-10,12H2,1H3,(H2,20,21,22);1H. The predicted molar refractivity (Wildman–Crippen MR) is 116 cm³/mol. The number of rotatable bonds is 10. The molecule has 0 unspecified atom stereocenters. The summed E-state index contributed by atoms with van der Waals surface area (Å²) in [5, 5.41) is 5.83. The van der Waals surface area contributed by atoms with Crippen LogP contribution >= 0.6 is 24.0 Å². The first-order chi connectivity index (χ1) is 12.9. The van der Waals surface area contributed by atoms with Crippen molar-refractivity contribution in [1.29, 1.82) is 0 Å². The molecule has 28 heavy (non-hydrogen) atoms. The van der Waals surface area contributed by atoms with E-state index in [0.29, 0.717) is 25.0 Å². The van der Waals surface area contributed by atoms with Crippen LogP contribution in [0, 0.1) is 17.6 Å². The Morgan fingerprint density at radius 2 is 1.96 bits per heavy atom. The van der Waals surface area contributed by atoms with E-state index < -0.39 is 21.7 Å². The van der Waals surface area contributed by atoms with Crippen LogP contribution in [0.4, 0.5) is 8.78 Å². The number of sulfonamides is 1. The number of guanidine groups is 1. The lowest BCUT2D eigenvalue weighted by Crippen LogP contribution is -2.43. The molecule has 1 aliphatic rings. The van der Waals surface area contributed by atoms with Crippen LogP contribution in [0.3, 0.4) is 0 Å². The van der Waals surface area contributed by atoms with E-state index >= 15 is 0 Å². The van der Waals surface area contributed by atoms with Gasteiger partial charge in [0.2, 0.25) is 10.0 Å². The molecule has 0 aromatic heterocycles. The van der Waals surface area contributed by atoms with Gasteiger partial charge in [-0.25, -0.2) is 21.9 Å². The lowest BCUT2D eigenvalue weighted by molar-refractivity contribution is 0.304. The zero-order valence-corrected chi connectivity index (χ0v) is 18.9. The maximum atomic E-state index is 13.4. The van der Waals surface area contributed by atoms with E-state index in [0.717, 1.165) is 25.0 Å². The normalized spacial score (nSPS) is 14.8. The molecule has 1 aliphatic carbocycles. The third-order valence-electron chi connectivity index (χ3n) is 4.25. The molecule has 0 amide bonds. The molecule has 2 rings (SSSR count). The third kappa shape index (κ3) is 8.86. The van der Waals surface area contributed by atoms with Gasteiger partial charge in [-0.3, -0.25) is 4.99 Å². The summed E-state index contributed by atoms with van der Waals surface area (Å²) in [6.07, 6.45) is 3.34. The van der Waals surface area contributed by atoms with Gasteiger partial charge < -0.3 is 15.4 Å². The summed E-state index contributed by atoms with van der Waals surface area (Å²) >= 11 is 0. The summed E-state index contributed by atoms with van der Waals surface area (Å²) < 4.78 is 57.9. The number of hydrogen-bond donors (Lipinski definition) is 3. The first-order valence-electron chi connectivity index (χ1n) is 8.89. The van der Waals surface area contributed by atoms with Crippen molar-refractivity contribution < 1.29 is 21.9 Å². The van der Waals surface area contributed by atoms with E-state index in [4.69, 9.17) is 4.74 Å². The van der Waals surface area contributed by atoms with Gasteiger partial charge in [-0.15, -0.1) is 24.0 Å². The number of benzene rings is 1. The lowest BCUT2D eigenvalue weighted by Gasteiger charge is -2.25. The van der Waals surface area contributed by atoms with Crippen molar-refractivity contribution in [2.45, 2.75) is 19.3 Å². The molecule has 1 aromatic carbocycles. The van der Waals surface area contributed by atoms with Crippen molar-refractivity contribution in [1.82, 2.24) is 15.4 Å². The highest BCUT2D eigenvalue weighted by molar-refractivity contribution is 14.0. The summed E-state index contributed by atoms with van der Waals surface area (Å²) in [7, 11) is -1.76. The van der Waals surface area contributed by atoms with Gasteiger partial charge in [0.25, 0.3) is 0 Å². The molecule has 0 saturated heterocycles. The molecule has 0 radical (unpaired) electrons. The average molecular weight is 532 g/mol. The second-order valence-corrected chi connectivity index (χ2v) is 8.24. The molecule has 3 N–H and O–H groups in total. The van der Waals surface area contributed by atoms with Crippen molar-refractivity contribution in [3.8, 4) is 5.75 Å². The first kappa shape index (κ1) is 24.8. The predicted octanol–water partition coefficient (Wildman–Crippen LogP) is 1.85. The largest absolute Gasteiger partial charge is 0.489 e. The fourth-order valence-electron chi connectivity index (χ4n) is 2.46. The van der Waals surface area contributed by atoms with Crippen LogP contribution in [0.1, 0.15) is 19.3 Å². The molecule has 0 aliphatic heterocycles. The number of nitrogens with one attached hydrogen (secondary N) is 3. The van der Waals surface area contributed by atoms with Crippen LogP contribution in [0.5, 0.6) is 5.75 Å². The van der Waals surface area contributed by atoms with Crippen molar-refractivity contribution >= 4 is 40.0 Å². The minimum Gasteiger partial charge on any atom is -0.489 e. The molecule has 160 valence electrons. The second kappa shape index (κ2) is 12.4. The Morgan fingerprint density at radius 3 is 2.57 bits per heavy atom. The molecule has 0 atom stereocenters. The zero-order valence-electron chi connectivity index (χ0n) is 15.7. The quantitative estimate of drug-likeness (QED) is 0.185. The van der Waals surface area contributed by atoms with Crippen molar-refractivity contribution in [3.05, 3.63) is 29.8 Å². The van der Waals surface area contributed by atoms with Crippen molar-refractivity contribution in [2.24, 2.45) is 10.9 Å². The Hall–Kier alpha value is -1.21. The van der Waals surface area contributed by atoms with E-state index in [1.807, 2.05) is 0 Å². The molecule has 0 bridgehead atoms. The number of aliphatic imine (C=N–C) groups is 1. The molecular formula is C17H27F2IN4O3S. The average Bonchev–Trinajstić information content (AvgIpc) is 2.57. The third-order valence-corrected chi connectivity index (χ3v) is 5.60. The molecule has 0 heterocycles. The molecule has 0 spiro atoms. The number of hydrogen-bond acceptors (Lipinski definition) is 4. The highest BCUT2D eigenvalue weighted by Gasteiger charge is 2.20. The topological polar surface area (TPSA) is 91.8 Å². The van der Waals surface area contributed by atoms with Gasteiger partial charge in [-0.05, 0) is 30.9 Å².